The molecule has 3 N–H and O–H groups in total. The number of nitrogens with two attached hydrogens (primary N) is 1. The van der Waals surface area contributed by atoms with E-state index in [2.05, 4.69) is 5.32 Å². The van der Waals surface area contributed by atoms with Crippen LogP contribution in [0.2, 0.25) is 0 Å². The van der Waals surface area contributed by atoms with Gasteiger partial charge in [-0.25, -0.2) is 0 Å². The number of piperidine rings is 1. The predicted octanol–water partition coefficient (Wildman–Crippen LogP) is 3.05. The standard InChI is InChI=1S/C24H29N3O4/c1-16-6-5-9-21(17(16)2)31-15-12-22(28)26-20-8-4-3-7-19(20)24(30)27-13-10-18(11-14-27)23(25)29/h3-9,18H,10-15H2,1-2H3,(H2,25,29)(H,26,28). The summed E-state index contributed by atoms with van der Waals surface area (Å²) in [5, 5.41) is 2.83. The van der Waals surface area contributed by atoms with E-state index in [0.29, 0.717) is 37.2 Å². The van der Waals surface area contributed by atoms with E-state index < -0.39 is 0 Å². The molecule has 1 aliphatic rings. The molecule has 0 unspecified atom stereocenters. The van der Waals surface area contributed by atoms with E-state index >= 15 is 0 Å². The van der Waals surface area contributed by atoms with Crippen LogP contribution in [0.4, 0.5) is 5.69 Å². The normalized spacial score (nSPS) is 14.2. The van der Waals surface area contributed by atoms with Gasteiger partial charge in [0.15, 0.2) is 0 Å². The molecule has 1 fully saturated rings. The lowest BCUT2D eigenvalue weighted by molar-refractivity contribution is -0.123. The minimum atomic E-state index is -0.317. The van der Waals surface area contributed by atoms with Crippen LogP contribution in [-0.4, -0.2) is 42.3 Å². The zero-order chi connectivity index (χ0) is 22.4. The minimum Gasteiger partial charge on any atom is -0.493 e. The molecule has 0 aromatic heterocycles. The van der Waals surface area contributed by atoms with Crippen molar-refractivity contribution < 1.29 is 19.1 Å². The highest BCUT2D eigenvalue weighted by Gasteiger charge is 2.27. The average Bonchev–Trinajstić information content (AvgIpc) is 2.76. The van der Waals surface area contributed by atoms with Gasteiger partial charge in [0, 0.05) is 19.0 Å². The Morgan fingerprint density at radius 3 is 2.48 bits per heavy atom. The van der Waals surface area contributed by atoms with Gasteiger partial charge in [-0.05, 0) is 56.0 Å². The van der Waals surface area contributed by atoms with E-state index in [9.17, 15) is 14.4 Å². The molecule has 0 saturated carbocycles. The third-order valence-electron chi connectivity index (χ3n) is 5.76. The second kappa shape index (κ2) is 10.1. The number of likely N-dealkylation sites (tertiary alicyclic amines) is 1. The maximum Gasteiger partial charge on any atom is 0.255 e. The Kier molecular flexibility index (Phi) is 7.28. The van der Waals surface area contributed by atoms with Gasteiger partial charge in [-0.1, -0.05) is 24.3 Å². The molecule has 0 atom stereocenters. The van der Waals surface area contributed by atoms with Gasteiger partial charge in [-0.2, -0.15) is 0 Å². The van der Waals surface area contributed by atoms with Crippen LogP contribution < -0.4 is 15.8 Å². The Hall–Kier alpha value is -3.35. The Balaban J connectivity index is 1.57. The van der Waals surface area contributed by atoms with Crippen molar-refractivity contribution in [2.45, 2.75) is 33.1 Å². The van der Waals surface area contributed by atoms with Crippen molar-refractivity contribution in [3.05, 3.63) is 59.2 Å². The molecule has 0 radical (unpaired) electrons. The molecule has 0 aliphatic carbocycles. The first kappa shape index (κ1) is 22.3. The van der Waals surface area contributed by atoms with Crippen LogP contribution in [0.15, 0.2) is 42.5 Å². The number of rotatable bonds is 7. The molecular formula is C24H29N3O4. The largest absolute Gasteiger partial charge is 0.493 e. The van der Waals surface area contributed by atoms with Crippen LogP contribution in [0.25, 0.3) is 0 Å². The first-order valence-corrected chi connectivity index (χ1v) is 10.5. The number of hydrogen-bond donors (Lipinski definition) is 2. The maximum atomic E-state index is 13.0. The van der Waals surface area contributed by atoms with E-state index in [1.165, 1.54) is 0 Å². The van der Waals surface area contributed by atoms with Crippen LogP contribution in [-0.2, 0) is 9.59 Å². The van der Waals surface area contributed by atoms with Gasteiger partial charge in [0.1, 0.15) is 5.75 Å². The monoisotopic (exact) mass is 423 g/mol. The fraction of sp³-hybridized carbons (Fsp3) is 0.375. The summed E-state index contributed by atoms with van der Waals surface area (Å²) in [5.74, 6) is -0.120. The molecule has 0 spiro atoms. The average molecular weight is 424 g/mol. The fourth-order valence-electron chi connectivity index (χ4n) is 3.66. The number of carbonyl (C=O) groups is 3. The quantitative estimate of drug-likeness (QED) is 0.715. The molecule has 2 aromatic carbocycles. The van der Waals surface area contributed by atoms with E-state index in [4.69, 9.17) is 10.5 Å². The zero-order valence-corrected chi connectivity index (χ0v) is 18.0. The number of primary amides is 1. The number of benzene rings is 2. The number of anilines is 1. The number of ether oxygens (including phenoxy) is 1. The smallest absolute Gasteiger partial charge is 0.255 e. The molecular weight excluding hydrogens is 394 g/mol. The lowest BCUT2D eigenvalue weighted by Gasteiger charge is -2.31. The van der Waals surface area contributed by atoms with Gasteiger partial charge < -0.3 is 20.7 Å². The molecule has 7 heteroatoms. The first-order chi connectivity index (χ1) is 14.9. The summed E-state index contributed by atoms with van der Waals surface area (Å²) in [6.07, 6.45) is 1.29. The summed E-state index contributed by atoms with van der Waals surface area (Å²) in [4.78, 5) is 38.5. The van der Waals surface area contributed by atoms with Crippen LogP contribution in [0, 0.1) is 19.8 Å². The molecule has 1 heterocycles. The first-order valence-electron chi connectivity index (χ1n) is 10.5. The van der Waals surface area contributed by atoms with Gasteiger partial charge in [0.2, 0.25) is 11.8 Å². The van der Waals surface area contributed by atoms with Crippen molar-refractivity contribution in [3.8, 4) is 5.75 Å². The topological polar surface area (TPSA) is 102 Å². The van der Waals surface area contributed by atoms with Crippen molar-refractivity contribution in [2.24, 2.45) is 11.7 Å². The summed E-state index contributed by atoms with van der Waals surface area (Å²) >= 11 is 0. The molecule has 1 aliphatic heterocycles. The van der Waals surface area contributed by atoms with Gasteiger partial charge >= 0.3 is 0 Å². The fourth-order valence-corrected chi connectivity index (χ4v) is 3.66. The number of nitrogens with one attached hydrogen (secondary N) is 1. The molecule has 7 nitrogen and oxygen atoms in total. The van der Waals surface area contributed by atoms with Crippen LogP contribution in [0.3, 0.4) is 0 Å². The van der Waals surface area contributed by atoms with E-state index in [0.717, 1.165) is 16.9 Å². The number of hydrogen-bond acceptors (Lipinski definition) is 4. The number of para-hydroxylation sites is 1. The Morgan fingerprint density at radius 2 is 1.77 bits per heavy atom. The van der Waals surface area contributed by atoms with Gasteiger partial charge in [-0.3, -0.25) is 14.4 Å². The third-order valence-corrected chi connectivity index (χ3v) is 5.76. The van der Waals surface area contributed by atoms with Crippen molar-refractivity contribution in [2.75, 3.05) is 25.0 Å². The van der Waals surface area contributed by atoms with Gasteiger partial charge in [-0.15, -0.1) is 0 Å². The molecule has 0 bridgehead atoms. The second-order valence-electron chi connectivity index (χ2n) is 7.86. The molecule has 31 heavy (non-hydrogen) atoms. The van der Waals surface area contributed by atoms with Gasteiger partial charge in [0.05, 0.1) is 24.3 Å². The summed E-state index contributed by atoms with van der Waals surface area (Å²) in [6.45, 7) is 5.18. The number of amides is 3. The lowest BCUT2D eigenvalue weighted by atomic mass is 9.95. The summed E-state index contributed by atoms with van der Waals surface area (Å²) in [5.41, 5.74) is 8.47. The zero-order valence-electron chi connectivity index (χ0n) is 18.0. The van der Waals surface area contributed by atoms with Crippen LogP contribution in [0.1, 0.15) is 40.7 Å². The SMILES string of the molecule is Cc1cccc(OCCC(=O)Nc2ccccc2C(=O)N2CCC(C(N)=O)CC2)c1C. The summed E-state index contributed by atoms with van der Waals surface area (Å²) in [6, 6.07) is 12.8. The van der Waals surface area contributed by atoms with Crippen LogP contribution in [0.5, 0.6) is 5.75 Å². The Bertz CT molecular complexity index is 965. The molecule has 164 valence electrons. The number of nitrogens with zero attached hydrogens (tertiary/aromatic N) is 1. The highest BCUT2D eigenvalue weighted by molar-refractivity contribution is 6.03. The summed E-state index contributed by atoms with van der Waals surface area (Å²) in [7, 11) is 0. The van der Waals surface area contributed by atoms with E-state index in [-0.39, 0.29) is 36.7 Å². The van der Waals surface area contributed by atoms with Crippen molar-refractivity contribution in [3.63, 3.8) is 0 Å². The van der Waals surface area contributed by atoms with E-state index in [1.54, 1.807) is 29.2 Å². The van der Waals surface area contributed by atoms with Crippen molar-refractivity contribution >= 4 is 23.4 Å². The van der Waals surface area contributed by atoms with E-state index in [1.807, 2.05) is 32.0 Å². The molecule has 3 rings (SSSR count). The second-order valence-corrected chi connectivity index (χ2v) is 7.86. The molecule has 3 amide bonds. The minimum absolute atomic E-state index is 0.162. The predicted molar refractivity (Wildman–Crippen MR) is 119 cm³/mol. The van der Waals surface area contributed by atoms with Crippen molar-refractivity contribution in [1.29, 1.82) is 0 Å². The number of aryl methyl sites for hydroxylation is 1. The lowest BCUT2D eigenvalue weighted by Crippen LogP contribution is -2.42. The Morgan fingerprint density at radius 1 is 1.06 bits per heavy atom. The van der Waals surface area contributed by atoms with Crippen LogP contribution >= 0.6 is 0 Å². The maximum absolute atomic E-state index is 13.0. The third kappa shape index (κ3) is 5.63. The van der Waals surface area contributed by atoms with Crippen molar-refractivity contribution in [1.82, 2.24) is 4.90 Å². The molecule has 1 saturated heterocycles. The molecule has 2 aromatic rings. The summed E-state index contributed by atoms with van der Waals surface area (Å²) < 4.78 is 5.75. The highest BCUT2D eigenvalue weighted by Crippen LogP contribution is 2.23. The highest BCUT2D eigenvalue weighted by atomic mass is 16.5. The Labute approximate surface area is 182 Å². The van der Waals surface area contributed by atoms with Gasteiger partial charge in [0.25, 0.3) is 5.91 Å². The number of carbonyl (C=O) groups excluding carboxylic acids is 3.